The van der Waals surface area contributed by atoms with E-state index in [9.17, 15) is 29.7 Å². The first-order valence-electron chi connectivity index (χ1n) is 52.8. The van der Waals surface area contributed by atoms with Crippen molar-refractivity contribution >= 4 is 17.8 Å². The van der Waals surface area contributed by atoms with Gasteiger partial charge in [0.2, 0.25) is 11.8 Å². The van der Waals surface area contributed by atoms with E-state index in [2.05, 4.69) is 72.2 Å². The molecule has 0 aliphatic heterocycles. The lowest BCUT2D eigenvalue weighted by molar-refractivity contribution is -0.144. The number of aliphatic hydroxyl groups excluding tert-OH is 3. The van der Waals surface area contributed by atoms with Crippen molar-refractivity contribution in [2.75, 3.05) is 98.2 Å². The van der Waals surface area contributed by atoms with E-state index in [4.69, 9.17) is 10.5 Å². The van der Waals surface area contributed by atoms with Crippen molar-refractivity contribution in [3.05, 3.63) is 0 Å². The molecule has 14 nitrogen and oxygen atoms in total. The van der Waals surface area contributed by atoms with Crippen LogP contribution < -0.4 is 21.7 Å². The summed E-state index contributed by atoms with van der Waals surface area (Å²) >= 11 is 0. The van der Waals surface area contributed by atoms with Crippen LogP contribution in [0.2, 0.25) is 0 Å². The normalized spacial score (nSPS) is 12.5. The van der Waals surface area contributed by atoms with E-state index in [-0.39, 0.29) is 30.4 Å². The van der Waals surface area contributed by atoms with E-state index < -0.39 is 12.2 Å². The zero-order valence-corrected chi connectivity index (χ0v) is 80.0. The number of ether oxygens (including phenoxy) is 1. The highest BCUT2D eigenvalue weighted by Crippen LogP contribution is 2.20. The summed E-state index contributed by atoms with van der Waals surface area (Å²) in [4.78, 5) is 44.6. The maximum Gasteiger partial charge on any atom is 0.307 e. The van der Waals surface area contributed by atoms with Crippen LogP contribution in [0.4, 0.5) is 0 Å². The van der Waals surface area contributed by atoms with Gasteiger partial charge in [0, 0.05) is 71.7 Å². The zero-order valence-electron chi connectivity index (χ0n) is 80.0. The van der Waals surface area contributed by atoms with Gasteiger partial charge in [-0.1, -0.05) is 446 Å². The van der Waals surface area contributed by atoms with E-state index >= 15 is 0 Å². The molecule has 0 aromatic heterocycles. The number of hydrogen-bond donors (Lipinski definition) is 7. The van der Waals surface area contributed by atoms with Gasteiger partial charge in [0.05, 0.1) is 31.3 Å². The number of hydrogen-bond acceptors (Lipinski definition) is 12. The van der Waals surface area contributed by atoms with Crippen LogP contribution in [0.25, 0.3) is 0 Å². The second-order valence-corrected chi connectivity index (χ2v) is 36.6. The molecule has 8 N–H and O–H groups in total. The number of nitrogens with two attached hydrogens (primary N) is 1. The Bertz CT molecular complexity index is 1820. The predicted molar refractivity (Wildman–Crippen MR) is 511 cm³/mol. The Morgan fingerprint density at radius 2 is 0.513 bits per heavy atom. The van der Waals surface area contributed by atoms with Gasteiger partial charge < -0.3 is 56.4 Å². The summed E-state index contributed by atoms with van der Waals surface area (Å²) < 4.78 is 5.48. The Hall–Kier alpha value is -1.91. The number of carbonyl (C=O) groups is 3. The molecule has 0 aromatic carbocycles. The van der Waals surface area contributed by atoms with Gasteiger partial charge in [-0.2, -0.15) is 0 Å². The minimum Gasteiger partial charge on any atom is -0.466 e. The van der Waals surface area contributed by atoms with E-state index in [1.165, 1.54) is 405 Å². The fraction of sp³-hybridized carbons (Fsp3) is 0.971. The van der Waals surface area contributed by atoms with E-state index in [0.717, 1.165) is 110 Å². The highest BCUT2D eigenvalue weighted by atomic mass is 16.5. The number of rotatable bonds is 99. The maximum atomic E-state index is 12.6. The Kier molecular flexibility index (Phi) is 101. The van der Waals surface area contributed by atoms with Gasteiger partial charge in [-0.25, -0.2) is 0 Å². The first-order valence-corrected chi connectivity index (χ1v) is 52.8. The van der Waals surface area contributed by atoms with Crippen molar-refractivity contribution in [1.29, 1.82) is 0 Å². The molecule has 2 amide bonds. The first kappa shape index (κ1) is 117. The summed E-state index contributed by atoms with van der Waals surface area (Å²) in [5, 5.41) is 42.2. The molecule has 0 radical (unpaired) electrons. The van der Waals surface area contributed by atoms with Gasteiger partial charge in [0.15, 0.2) is 0 Å². The quantitative estimate of drug-likeness (QED) is 0.0225. The van der Waals surface area contributed by atoms with Crippen molar-refractivity contribution in [3.8, 4) is 0 Å². The maximum absolute atomic E-state index is 12.6. The molecular formula is C103H211N7O7. The number of amides is 2. The molecule has 0 fully saturated rings. The molecule has 0 aliphatic rings. The molecule has 0 saturated carbocycles. The number of carbonyl (C=O) groups excluding carboxylic acids is 3. The van der Waals surface area contributed by atoms with Crippen LogP contribution in [0.5, 0.6) is 0 Å². The number of nitrogens with one attached hydrogen (secondary N) is 3. The largest absolute Gasteiger partial charge is 0.466 e. The van der Waals surface area contributed by atoms with Crippen LogP contribution in [0.3, 0.4) is 0 Å². The van der Waals surface area contributed by atoms with Crippen LogP contribution in [0.15, 0.2) is 0 Å². The van der Waals surface area contributed by atoms with E-state index in [0.29, 0.717) is 65.1 Å². The molecule has 117 heavy (non-hydrogen) atoms. The van der Waals surface area contributed by atoms with Gasteiger partial charge in [-0.15, -0.1) is 0 Å². The highest BCUT2D eigenvalue weighted by Gasteiger charge is 2.18. The second kappa shape index (κ2) is 101. The minimum atomic E-state index is -0.528. The molecule has 0 aromatic rings. The Morgan fingerprint density at radius 1 is 0.265 bits per heavy atom. The smallest absolute Gasteiger partial charge is 0.307 e. The van der Waals surface area contributed by atoms with Crippen LogP contribution in [-0.2, 0) is 19.1 Å². The summed E-state index contributed by atoms with van der Waals surface area (Å²) in [7, 11) is 0. The average molecular weight is 1660 g/mol. The van der Waals surface area contributed by atoms with E-state index in [1.807, 2.05) is 0 Å². The molecule has 14 heteroatoms. The molecule has 0 aliphatic carbocycles. The van der Waals surface area contributed by atoms with Crippen LogP contribution in [-0.4, -0.2) is 164 Å². The summed E-state index contributed by atoms with van der Waals surface area (Å²) in [6.07, 6.45) is 94.7. The van der Waals surface area contributed by atoms with Gasteiger partial charge in [0.25, 0.3) is 0 Å². The first-order chi connectivity index (χ1) is 57.5. The van der Waals surface area contributed by atoms with Crippen molar-refractivity contribution < 1.29 is 34.4 Å². The van der Waals surface area contributed by atoms with Gasteiger partial charge >= 0.3 is 5.97 Å². The lowest BCUT2D eigenvalue weighted by atomic mass is 10.0. The predicted octanol–water partition coefficient (Wildman–Crippen LogP) is 27.1. The molecule has 0 saturated heterocycles. The molecule has 0 rings (SSSR count). The van der Waals surface area contributed by atoms with Crippen LogP contribution >= 0.6 is 0 Å². The molecule has 700 valence electrons. The van der Waals surface area contributed by atoms with Gasteiger partial charge in [-0.3, -0.25) is 14.4 Å². The van der Waals surface area contributed by atoms with Gasteiger partial charge in [-0.05, 0) is 96.9 Å². The fourth-order valence-electron chi connectivity index (χ4n) is 16.7. The van der Waals surface area contributed by atoms with Crippen molar-refractivity contribution in [2.45, 2.75) is 548 Å². The van der Waals surface area contributed by atoms with Crippen LogP contribution in [0.1, 0.15) is 530 Å². The molecule has 3 atom stereocenters. The highest BCUT2D eigenvalue weighted by molar-refractivity contribution is 5.76. The van der Waals surface area contributed by atoms with Crippen molar-refractivity contribution in [1.82, 2.24) is 30.7 Å². The van der Waals surface area contributed by atoms with E-state index in [1.54, 1.807) is 0 Å². The standard InChI is InChI=1S/C69H141N5O4.C34H70N2O3/c1-5-9-13-17-21-25-29-31-35-39-43-49-59-73(64-66(75)53-45-46-54-68(77)71-56-47-41-37-33-27-23-19-15-11-7-3)61-51-52-62-74(60-50-44-40-36-32-30-26-22-18-14-10-6-2)65-67(76)63-70-58-55-69(78)72-57-48-42-38-34-28-24-20-16-12-8-4;1-3-5-7-9-11-13-15-17-19-21-23-25-28-36(32-33(37)31-35)29-27-34(38)39-30-26-24-22-20-18-16-14-12-10-8-6-4-2/h66-67,70,75-76H,5-65H2,1-4H3,(H,71,77)(H,72,78);33,37H,3-32,35H2,1-2H3. The lowest BCUT2D eigenvalue weighted by Gasteiger charge is -2.27. The summed E-state index contributed by atoms with van der Waals surface area (Å²) in [6.45, 7) is 24.7. The van der Waals surface area contributed by atoms with Gasteiger partial charge in [0.1, 0.15) is 0 Å². The monoisotopic (exact) mass is 1660 g/mol. The molecule has 3 unspecified atom stereocenters. The average Bonchev–Trinajstić information content (AvgIpc) is 0.964. The third-order valence-electron chi connectivity index (χ3n) is 24.6. The third-order valence-corrected chi connectivity index (χ3v) is 24.6. The Labute approximate surface area is 730 Å². The number of unbranched alkanes of at least 4 members (excludes halogenated alkanes) is 64. The van der Waals surface area contributed by atoms with Crippen LogP contribution in [0, 0.1) is 0 Å². The summed E-state index contributed by atoms with van der Waals surface area (Å²) in [5.74, 6) is 0.163. The molecular weight excluding hydrogens is 1450 g/mol. The number of nitrogens with zero attached hydrogens (tertiary/aromatic N) is 3. The second-order valence-electron chi connectivity index (χ2n) is 36.6. The number of aliphatic hydroxyl groups is 3. The minimum absolute atomic E-state index is 0.108. The Balaban J connectivity index is 0. The topological polar surface area (TPSA) is 193 Å². The molecule has 0 heterocycles. The van der Waals surface area contributed by atoms with Crippen molar-refractivity contribution in [3.63, 3.8) is 0 Å². The lowest BCUT2D eigenvalue weighted by Crippen LogP contribution is -2.40. The fourth-order valence-corrected chi connectivity index (χ4v) is 16.7. The third kappa shape index (κ3) is 97.8. The number of esters is 1. The zero-order chi connectivity index (χ0) is 85.4. The molecule has 0 bridgehead atoms. The Morgan fingerprint density at radius 3 is 0.821 bits per heavy atom. The molecule has 0 spiro atoms. The summed E-state index contributed by atoms with van der Waals surface area (Å²) in [5.41, 5.74) is 5.64. The SMILES string of the molecule is CCCCCCCCCCCCCCN(CCCCN(CCCCCCCCCCCCCC)CC(O)CNCCC(=O)NCCCCCCCCCCCC)CC(O)CCCCC(=O)NCCCCCCCCCCCC.CCCCCCCCCCCCCCOC(=O)CCN(CCCCCCCCCCCCCC)CC(O)CN. The van der Waals surface area contributed by atoms with Crippen molar-refractivity contribution in [2.24, 2.45) is 5.73 Å². The summed E-state index contributed by atoms with van der Waals surface area (Å²) in [6, 6.07) is 0.